The molecule has 0 spiro atoms. The van der Waals surface area contributed by atoms with Gasteiger partial charge in [0.1, 0.15) is 22.6 Å². The lowest BCUT2D eigenvalue weighted by Gasteiger charge is -2.36. The lowest BCUT2D eigenvalue weighted by Crippen LogP contribution is -2.44. The maximum Gasteiger partial charge on any atom is 0.347 e. The van der Waals surface area contributed by atoms with Gasteiger partial charge in [-0.1, -0.05) is 53.7 Å². The van der Waals surface area contributed by atoms with Crippen molar-refractivity contribution in [1.29, 1.82) is 0 Å². The van der Waals surface area contributed by atoms with Gasteiger partial charge in [0.15, 0.2) is 0 Å². The Morgan fingerprint density at radius 3 is 1.85 bits per heavy atom. The highest BCUT2D eigenvalue weighted by atomic mass is 28.4. The molecule has 1 heterocycles. The Bertz CT molecular complexity index is 1190. The summed E-state index contributed by atoms with van der Waals surface area (Å²) < 4.78 is 18.6. The van der Waals surface area contributed by atoms with E-state index in [-0.39, 0.29) is 15.7 Å². The van der Waals surface area contributed by atoms with Crippen molar-refractivity contribution in [2.75, 3.05) is 0 Å². The molecule has 0 amide bonds. The van der Waals surface area contributed by atoms with E-state index in [0.29, 0.717) is 16.9 Å². The SMILES string of the molecule is CC(C)(C)[Si](C)(C)Oc1ccc(-c2cc3cccc(O[Si](C)(C)C(C)(C)C)c3c(=O)o2)cc1. The average Bonchev–Trinajstić information content (AvgIpc) is 2.66. The van der Waals surface area contributed by atoms with Crippen LogP contribution in [0.1, 0.15) is 41.5 Å². The molecule has 6 heteroatoms. The molecule has 0 N–H and O–H groups in total. The normalized spacial score (nSPS) is 13.3. The van der Waals surface area contributed by atoms with Crippen molar-refractivity contribution >= 4 is 27.4 Å². The van der Waals surface area contributed by atoms with Crippen LogP contribution in [0.2, 0.25) is 36.3 Å². The molecule has 0 atom stereocenters. The third-order valence-electron chi connectivity index (χ3n) is 7.24. The van der Waals surface area contributed by atoms with Gasteiger partial charge in [-0.3, -0.25) is 0 Å². The van der Waals surface area contributed by atoms with E-state index in [1.807, 2.05) is 48.5 Å². The van der Waals surface area contributed by atoms with E-state index >= 15 is 0 Å². The van der Waals surface area contributed by atoms with Crippen molar-refractivity contribution in [2.24, 2.45) is 0 Å². The van der Waals surface area contributed by atoms with E-state index < -0.39 is 16.6 Å². The van der Waals surface area contributed by atoms with E-state index in [4.69, 9.17) is 13.3 Å². The predicted molar refractivity (Wildman–Crippen MR) is 144 cm³/mol. The summed E-state index contributed by atoms with van der Waals surface area (Å²) in [5.74, 6) is 1.99. The van der Waals surface area contributed by atoms with Crippen LogP contribution in [0.3, 0.4) is 0 Å². The van der Waals surface area contributed by atoms with Gasteiger partial charge in [-0.05, 0) is 78.0 Å². The molecule has 178 valence electrons. The molecule has 3 rings (SSSR count). The third kappa shape index (κ3) is 5.27. The fourth-order valence-electron chi connectivity index (χ4n) is 3.00. The van der Waals surface area contributed by atoms with Gasteiger partial charge in [0.05, 0.1) is 0 Å². The van der Waals surface area contributed by atoms with Crippen molar-refractivity contribution in [3.05, 3.63) is 59.0 Å². The molecule has 0 aliphatic heterocycles. The molecule has 0 aliphatic carbocycles. The van der Waals surface area contributed by atoms with Gasteiger partial charge in [-0.2, -0.15) is 0 Å². The molecule has 0 aliphatic rings. The summed E-state index contributed by atoms with van der Waals surface area (Å²) in [6.45, 7) is 22.0. The molecule has 2 aromatic carbocycles. The highest BCUT2D eigenvalue weighted by molar-refractivity contribution is 6.75. The van der Waals surface area contributed by atoms with Crippen LogP contribution in [0.15, 0.2) is 57.7 Å². The second-order valence-corrected chi connectivity index (χ2v) is 21.3. The molecular weight excluding hydrogens is 444 g/mol. The number of hydrogen-bond donors (Lipinski definition) is 0. The van der Waals surface area contributed by atoms with E-state index in [2.05, 4.69) is 67.7 Å². The molecule has 33 heavy (non-hydrogen) atoms. The fourth-order valence-corrected chi connectivity index (χ4v) is 5.06. The second-order valence-electron chi connectivity index (χ2n) is 11.9. The van der Waals surface area contributed by atoms with Crippen molar-refractivity contribution in [1.82, 2.24) is 0 Å². The first kappa shape index (κ1) is 25.3. The van der Waals surface area contributed by atoms with Crippen molar-refractivity contribution in [3.63, 3.8) is 0 Å². The highest BCUT2D eigenvalue weighted by Gasteiger charge is 2.40. The first-order valence-corrected chi connectivity index (χ1v) is 17.4. The van der Waals surface area contributed by atoms with Crippen LogP contribution in [0.5, 0.6) is 11.5 Å². The number of fused-ring (bicyclic) bond motifs is 1. The highest BCUT2D eigenvalue weighted by Crippen LogP contribution is 2.40. The van der Waals surface area contributed by atoms with Gasteiger partial charge >= 0.3 is 5.63 Å². The van der Waals surface area contributed by atoms with Crippen LogP contribution in [0.25, 0.3) is 22.1 Å². The van der Waals surface area contributed by atoms with Crippen LogP contribution in [0.4, 0.5) is 0 Å². The van der Waals surface area contributed by atoms with Crippen LogP contribution in [0, 0.1) is 0 Å². The zero-order valence-corrected chi connectivity index (χ0v) is 23.8. The van der Waals surface area contributed by atoms with Gasteiger partial charge in [0, 0.05) is 5.56 Å². The van der Waals surface area contributed by atoms with Crippen molar-refractivity contribution in [3.8, 4) is 22.8 Å². The maximum atomic E-state index is 13.0. The van der Waals surface area contributed by atoms with Gasteiger partial charge < -0.3 is 13.3 Å². The van der Waals surface area contributed by atoms with Crippen LogP contribution < -0.4 is 14.5 Å². The Hall–Kier alpha value is -2.32. The van der Waals surface area contributed by atoms with E-state index in [1.165, 1.54) is 0 Å². The van der Waals surface area contributed by atoms with Gasteiger partial charge in [-0.15, -0.1) is 0 Å². The minimum absolute atomic E-state index is 0.0313. The standard InChI is InChI=1S/C27H38O4Si2/c1-26(2,3)32(7,8)30-21-16-14-19(15-17-21)23-18-20-12-11-13-22(24(20)25(28)29-23)31-33(9,10)27(4,5)6/h11-18H,1-10H3. The molecule has 0 bridgehead atoms. The van der Waals surface area contributed by atoms with Gasteiger partial charge in [0.25, 0.3) is 8.32 Å². The van der Waals surface area contributed by atoms with E-state index in [9.17, 15) is 4.79 Å². The lowest BCUT2D eigenvalue weighted by atomic mass is 10.1. The van der Waals surface area contributed by atoms with Gasteiger partial charge in [0.2, 0.25) is 8.32 Å². The molecule has 0 radical (unpaired) electrons. The average molecular weight is 483 g/mol. The predicted octanol–water partition coefficient (Wildman–Crippen LogP) is 8.23. The minimum Gasteiger partial charge on any atom is -0.544 e. The van der Waals surface area contributed by atoms with Crippen molar-refractivity contribution in [2.45, 2.75) is 77.8 Å². The maximum absolute atomic E-state index is 13.0. The molecular formula is C27H38O4Si2. The molecule has 0 unspecified atom stereocenters. The molecule has 4 nitrogen and oxygen atoms in total. The lowest BCUT2D eigenvalue weighted by molar-refractivity contribution is 0.490. The van der Waals surface area contributed by atoms with E-state index in [1.54, 1.807) is 0 Å². The second kappa shape index (κ2) is 8.47. The number of hydrogen-bond acceptors (Lipinski definition) is 4. The Kier molecular flexibility index (Phi) is 6.50. The van der Waals surface area contributed by atoms with Crippen LogP contribution in [-0.2, 0) is 0 Å². The fraction of sp³-hybridized carbons (Fsp3) is 0.444. The van der Waals surface area contributed by atoms with Gasteiger partial charge in [-0.25, -0.2) is 4.79 Å². The monoisotopic (exact) mass is 482 g/mol. The Balaban J connectivity index is 1.96. The Morgan fingerprint density at radius 1 is 0.758 bits per heavy atom. The first-order chi connectivity index (χ1) is 15.0. The molecule has 1 aromatic heterocycles. The number of benzene rings is 2. The first-order valence-electron chi connectivity index (χ1n) is 11.6. The summed E-state index contributed by atoms with van der Waals surface area (Å²) in [7, 11) is -4.01. The van der Waals surface area contributed by atoms with E-state index in [0.717, 1.165) is 16.7 Å². The third-order valence-corrected chi connectivity index (χ3v) is 15.9. The summed E-state index contributed by atoms with van der Waals surface area (Å²) in [5, 5.41) is 1.48. The molecule has 0 saturated carbocycles. The summed E-state index contributed by atoms with van der Waals surface area (Å²) in [6.07, 6.45) is 0. The Labute approximate surface area is 200 Å². The van der Waals surface area contributed by atoms with Crippen LogP contribution in [-0.4, -0.2) is 16.6 Å². The zero-order valence-electron chi connectivity index (χ0n) is 21.8. The minimum atomic E-state index is -2.09. The summed E-state index contributed by atoms with van der Waals surface area (Å²) in [4.78, 5) is 13.0. The topological polar surface area (TPSA) is 48.7 Å². The summed E-state index contributed by atoms with van der Waals surface area (Å²) in [5.41, 5.74) is 0.464. The largest absolute Gasteiger partial charge is 0.544 e. The quantitative estimate of drug-likeness (QED) is 0.344. The molecule has 3 aromatic rings. The Morgan fingerprint density at radius 2 is 1.30 bits per heavy atom. The zero-order chi connectivity index (χ0) is 24.8. The molecule has 0 fully saturated rings. The summed E-state index contributed by atoms with van der Waals surface area (Å²) in [6, 6.07) is 15.5. The summed E-state index contributed by atoms with van der Waals surface area (Å²) >= 11 is 0. The number of rotatable bonds is 5. The van der Waals surface area contributed by atoms with Crippen molar-refractivity contribution < 1.29 is 13.3 Å². The molecule has 0 saturated heterocycles. The smallest absolute Gasteiger partial charge is 0.347 e. The van der Waals surface area contributed by atoms with Crippen LogP contribution >= 0.6 is 0 Å².